The molecule has 130 valence electrons. The topological polar surface area (TPSA) is 89.1 Å². The van der Waals surface area contributed by atoms with Gasteiger partial charge in [-0.25, -0.2) is 0 Å². The zero-order valence-electron chi connectivity index (χ0n) is 13.9. The van der Waals surface area contributed by atoms with Gasteiger partial charge in [0.15, 0.2) is 17.3 Å². The molecule has 3 aromatic rings. The second kappa shape index (κ2) is 5.87. The van der Waals surface area contributed by atoms with Crippen LogP contribution >= 0.6 is 0 Å². The summed E-state index contributed by atoms with van der Waals surface area (Å²) < 4.78 is 11.3. The molecule has 1 atom stereocenters. The lowest BCUT2D eigenvalue weighted by molar-refractivity contribution is -0.116. The molecule has 1 unspecified atom stereocenters. The summed E-state index contributed by atoms with van der Waals surface area (Å²) in [5.41, 5.74) is 3.55. The minimum Gasteiger partial charge on any atom is -0.486 e. The number of rotatable bonds is 2. The molecule has 0 saturated carbocycles. The van der Waals surface area contributed by atoms with Crippen molar-refractivity contribution in [2.75, 3.05) is 18.5 Å². The number of aromatic nitrogens is 3. The lowest BCUT2D eigenvalue weighted by Gasteiger charge is -2.25. The predicted molar refractivity (Wildman–Crippen MR) is 94.3 cm³/mol. The Balaban J connectivity index is 1.63. The maximum absolute atomic E-state index is 12.2. The summed E-state index contributed by atoms with van der Waals surface area (Å²) in [7, 11) is 0. The largest absolute Gasteiger partial charge is 0.486 e. The van der Waals surface area contributed by atoms with Crippen molar-refractivity contribution in [1.29, 1.82) is 0 Å². The number of H-pyrrole nitrogens is 1. The first-order valence-electron chi connectivity index (χ1n) is 8.48. The number of carbonyl (C=O) groups is 1. The number of hydrogen-bond donors (Lipinski definition) is 2. The summed E-state index contributed by atoms with van der Waals surface area (Å²) in [6, 6.07) is 11.6. The highest BCUT2D eigenvalue weighted by Crippen LogP contribution is 2.43. The SMILES string of the molecule is O=C1CC(c2ccc3c(c2)OCCO3)c2c(n[nH]c2-c2ccccn2)N1. The molecule has 0 radical (unpaired) electrons. The van der Waals surface area contributed by atoms with Gasteiger partial charge in [0, 0.05) is 24.1 Å². The smallest absolute Gasteiger partial charge is 0.226 e. The molecule has 0 saturated heterocycles. The van der Waals surface area contributed by atoms with Gasteiger partial charge in [-0.15, -0.1) is 0 Å². The zero-order chi connectivity index (χ0) is 17.5. The van der Waals surface area contributed by atoms with Crippen LogP contribution in [0, 0.1) is 0 Å². The number of anilines is 1. The van der Waals surface area contributed by atoms with Gasteiger partial charge in [-0.2, -0.15) is 5.10 Å². The Bertz CT molecular complexity index is 984. The number of amides is 1. The number of aromatic amines is 1. The van der Waals surface area contributed by atoms with Gasteiger partial charge in [0.2, 0.25) is 5.91 Å². The molecule has 4 heterocycles. The summed E-state index contributed by atoms with van der Waals surface area (Å²) in [4.78, 5) is 16.6. The zero-order valence-corrected chi connectivity index (χ0v) is 13.9. The second-order valence-electron chi connectivity index (χ2n) is 6.28. The molecule has 26 heavy (non-hydrogen) atoms. The molecule has 1 amide bonds. The fourth-order valence-corrected chi connectivity index (χ4v) is 3.52. The molecule has 0 fully saturated rings. The van der Waals surface area contributed by atoms with Crippen LogP contribution in [0.15, 0.2) is 42.6 Å². The maximum Gasteiger partial charge on any atom is 0.226 e. The van der Waals surface area contributed by atoms with Crippen LogP contribution in [0.25, 0.3) is 11.4 Å². The van der Waals surface area contributed by atoms with Crippen LogP contribution in [0.2, 0.25) is 0 Å². The molecule has 5 rings (SSSR count). The van der Waals surface area contributed by atoms with Crippen molar-refractivity contribution in [2.24, 2.45) is 0 Å². The molecule has 0 bridgehead atoms. The fraction of sp³-hybridized carbons (Fsp3) is 0.211. The third-order valence-corrected chi connectivity index (χ3v) is 4.69. The maximum atomic E-state index is 12.2. The van der Waals surface area contributed by atoms with Gasteiger partial charge in [0.05, 0.1) is 11.4 Å². The number of nitrogens with one attached hydrogen (secondary N) is 2. The van der Waals surface area contributed by atoms with E-state index in [-0.39, 0.29) is 11.8 Å². The minimum atomic E-state index is -0.134. The van der Waals surface area contributed by atoms with Gasteiger partial charge in [-0.3, -0.25) is 14.9 Å². The lowest BCUT2D eigenvalue weighted by Crippen LogP contribution is -2.23. The van der Waals surface area contributed by atoms with E-state index in [1.165, 1.54) is 0 Å². The standard InChI is InChI=1S/C19H16N4O3/c24-16-10-12(11-4-5-14-15(9-11)26-8-7-25-14)17-18(22-23-19(17)21-16)13-3-1-2-6-20-13/h1-6,9,12H,7-8,10H2,(H2,21,22,23,24). The van der Waals surface area contributed by atoms with Crippen LogP contribution in [0.1, 0.15) is 23.5 Å². The Morgan fingerprint density at radius 1 is 1.08 bits per heavy atom. The van der Waals surface area contributed by atoms with Gasteiger partial charge in [-0.1, -0.05) is 12.1 Å². The van der Waals surface area contributed by atoms with E-state index in [2.05, 4.69) is 20.5 Å². The van der Waals surface area contributed by atoms with E-state index in [1.54, 1.807) is 6.20 Å². The molecule has 7 heteroatoms. The normalized spacial score (nSPS) is 18.2. The molecule has 2 aromatic heterocycles. The Hall–Kier alpha value is -3.35. The van der Waals surface area contributed by atoms with Crippen molar-refractivity contribution in [2.45, 2.75) is 12.3 Å². The number of benzene rings is 1. The van der Waals surface area contributed by atoms with Crippen molar-refractivity contribution in [1.82, 2.24) is 15.2 Å². The average Bonchev–Trinajstić information content (AvgIpc) is 3.11. The Morgan fingerprint density at radius 2 is 1.96 bits per heavy atom. The Kier molecular flexibility index (Phi) is 3.38. The summed E-state index contributed by atoms with van der Waals surface area (Å²) in [5, 5.41) is 10.2. The predicted octanol–water partition coefficient (Wildman–Crippen LogP) is 2.72. The minimum absolute atomic E-state index is 0.0588. The third-order valence-electron chi connectivity index (χ3n) is 4.69. The summed E-state index contributed by atoms with van der Waals surface area (Å²) in [6.45, 7) is 1.08. The average molecular weight is 348 g/mol. The number of ether oxygens (including phenoxy) is 2. The van der Waals surface area contributed by atoms with Crippen LogP contribution in [-0.2, 0) is 4.79 Å². The van der Waals surface area contributed by atoms with Crippen molar-refractivity contribution in [3.05, 3.63) is 53.7 Å². The number of carbonyl (C=O) groups excluding carboxylic acids is 1. The van der Waals surface area contributed by atoms with E-state index in [0.717, 1.165) is 28.3 Å². The van der Waals surface area contributed by atoms with E-state index in [0.29, 0.717) is 31.2 Å². The van der Waals surface area contributed by atoms with Crippen molar-refractivity contribution < 1.29 is 14.3 Å². The van der Waals surface area contributed by atoms with Gasteiger partial charge in [0.1, 0.15) is 13.2 Å². The van der Waals surface area contributed by atoms with E-state index in [9.17, 15) is 4.79 Å². The highest BCUT2D eigenvalue weighted by Gasteiger charge is 2.33. The van der Waals surface area contributed by atoms with Gasteiger partial charge in [0.25, 0.3) is 0 Å². The van der Waals surface area contributed by atoms with Crippen LogP contribution in [0.3, 0.4) is 0 Å². The van der Waals surface area contributed by atoms with Crippen molar-refractivity contribution >= 4 is 11.7 Å². The number of hydrogen-bond acceptors (Lipinski definition) is 5. The summed E-state index contributed by atoms with van der Waals surface area (Å²) >= 11 is 0. The first-order chi connectivity index (χ1) is 12.8. The summed E-state index contributed by atoms with van der Waals surface area (Å²) in [6.07, 6.45) is 2.08. The molecule has 2 aliphatic heterocycles. The fourth-order valence-electron chi connectivity index (χ4n) is 3.52. The van der Waals surface area contributed by atoms with E-state index < -0.39 is 0 Å². The molecule has 2 N–H and O–H groups in total. The van der Waals surface area contributed by atoms with Crippen molar-refractivity contribution in [3.63, 3.8) is 0 Å². The third kappa shape index (κ3) is 2.40. The number of nitrogens with zero attached hydrogens (tertiary/aromatic N) is 2. The molecule has 0 aliphatic carbocycles. The van der Waals surface area contributed by atoms with E-state index >= 15 is 0 Å². The summed E-state index contributed by atoms with van der Waals surface area (Å²) in [5.74, 6) is 1.81. The second-order valence-corrected chi connectivity index (χ2v) is 6.28. The number of pyridine rings is 1. The first kappa shape index (κ1) is 14.9. The Morgan fingerprint density at radius 3 is 2.81 bits per heavy atom. The molecule has 0 spiro atoms. The lowest BCUT2D eigenvalue weighted by atomic mass is 9.85. The van der Waals surface area contributed by atoms with Crippen LogP contribution in [0.4, 0.5) is 5.82 Å². The molecular formula is C19H16N4O3. The van der Waals surface area contributed by atoms with E-state index in [1.807, 2.05) is 36.4 Å². The van der Waals surface area contributed by atoms with Crippen LogP contribution in [0.5, 0.6) is 11.5 Å². The van der Waals surface area contributed by atoms with E-state index in [4.69, 9.17) is 9.47 Å². The monoisotopic (exact) mass is 348 g/mol. The van der Waals surface area contributed by atoms with Crippen molar-refractivity contribution in [3.8, 4) is 22.9 Å². The first-order valence-corrected chi connectivity index (χ1v) is 8.48. The van der Waals surface area contributed by atoms with Gasteiger partial charge >= 0.3 is 0 Å². The highest BCUT2D eigenvalue weighted by molar-refractivity contribution is 5.95. The molecule has 1 aromatic carbocycles. The molecular weight excluding hydrogens is 332 g/mol. The van der Waals surface area contributed by atoms with Crippen LogP contribution in [-0.4, -0.2) is 34.3 Å². The molecule has 2 aliphatic rings. The highest BCUT2D eigenvalue weighted by atomic mass is 16.6. The quantitative estimate of drug-likeness (QED) is 0.743. The van der Waals surface area contributed by atoms with Gasteiger partial charge in [-0.05, 0) is 29.8 Å². The van der Waals surface area contributed by atoms with Crippen LogP contribution < -0.4 is 14.8 Å². The number of fused-ring (bicyclic) bond motifs is 2. The molecule has 7 nitrogen and oxygen atoms in total. The Labute approximate surface area is 149 Å². The van der Waals surface area contributed by atoms with Gasteiger partial charge < -0.3 is 14.8 Å².